The quantitative estimate of drug-likeness (QED) is 0.594. The number of amides is 1. The summed E-state index contributed by atoms with van der Waals surface area (Å²) in [5, 5.41) is 6.20. The lowest BCUT2D eigenvalue weighted by atomic mass is 9.94. The van der Waals surface area contributed by atoms with Crippen molar-refractivity contribution in [1.82, 2.24) is 24.4 Å². The van der Waals surface area contributed by atoms with E-state index >= 15 is 0 Å². The van der Waals surface area contributed by atoms with Gasteiger partial charge in [0.15, 0.2) is 0 Å². The van der Waals surface area contributed by atoms with Gasteiger partial charge in [-0.15, -0.1) is 11.3 Å². The second-order valence-electron chi connectivity index (χ2n) is 8.14. The van der Waals surface area contributed by atoms with Crippen LogP contribution in [0.3, 0.4) is 0 Å². The van der Waals surface area contributed by atoms with E-state index in [0.29, 0.717) is 23.7 Å². The molecule has 4 heterocycles. The lowest BCUT2D eigenvalue weighted by Crippen LogP contribution is -2.41. The molecule has 4 rings (SSSR count). The lowest BCUT2D eigenvalue weighted by Gasteiger charge is -2.32. The molecule has 1 amide bonds. The van der Waals surface area contributed by atoms with Crippen LogP contribution < -0.4 is 4.72 Å². The van der Waals surface area contributed by atoms with Crippen LogP contribution in [0.15, 0.2) is 34.0 Å². The van der Waals surface area contributed by atoms with Gasteiger partial charge in [-0.2, -0.15) is 5.10 Å². The summed E-state index contributed by atoms with van der Waals surface area (Å²) in [5.41, 5.74) is 5.57. The average molecular weight is 474 g/mol. The van der Waals surface area contributed by atoms with Gasteiger partial charge in [0.25, 0.3) is 0 Å². The van der Waals surface area contributed by atoms with Crippen molar-refractivity contribution in [3.8, 4) is 0 Å². The molecule has 1 unspecified atom stereocenters. The number of pyridine rings is 1. The normalized spacial score (nSPS) is 14.9. The second-order valence-corrected chi connectivity index (χ2v) is 11.1. The van der Waals surface area contributed by atoms with Gasteiger partial charge >= 0.3 is 0 Å². The smallest absolute Gasteiger partial charge is 0.250 e. The first-order valence-electron chi connectivity index (χ1n) is 10.5. The number of nitrogens with zero attached hydrogens (tertiary/aromatic N) is 4. The number of nitrogens with one attached hydrogen (secondary N) is 1. The summed E-state index contributed by atoms with van der Waals surface area (Å²) in [6, 6.07) is 4.88. The van der Waals surface area contributed by atoms with Crippen molar-refractivity contribution in [2.45, 2.75) is 57.5 Å². The Morgan fingerprint density at radius 3 is 2.75 bits per heavy atom. The molecule has 1 aliphatic heterocycles. The molecule has 0 saturated heterocycles. The molecule has 1 aliphatic rings. The van der Waals surface area contributed by atoms with Gasteiger partial charge in [0.05, 0.1) is 5.69 Å². The van der Waals surface area contributed by atoms with Crippen molar-refractivity contribution >= 4 is 27.3 Å². The molecule has 0 fully saturated rings. The molecular formula is C22H27N5O3S2. The summed E-state index contributed by atoms with van der Waals surface area (Å²) < 4.78 is 29.9. The molecular weight excluding hydrogens is 446 g/mol. The third kappa shape index (κ3) is 4.35. The van der Waals surface area contributed by atoms with Crippen LogP contribution in [0.4, 0.5) is 0 Å². The number of carbonyl (C=O) groups is 1. The first kappa shape index (κ1) is 22.6. The van der Waals surface area contributed by atoms with Gasteiger partial charge in [0, 0.05) is 37.2 Å². The maximum atomic E-state index is 13.2. The van der Waals surface area contributed by atoms with Crippen LogP contribution in [-0.4, -0.2) is 40.5 Å². The van der Waals surface area contributed by atoms with Crippen LogP contribution in [0, 0.1) is 20.8 Å². The monoisotopic (exact) mass is 473 g/mol. The SMILES string of the molecule is Cc1cc(C)n(C(C)C(=O)N2CCc3c(cnc(C)c3CNS(=O)(=O)c3cccs3)C2)n1. The maximum absolute atomic E-state index is 13.2. The van der Waals surface area contributed by atoms with Gasteiger partial charge in [0.2, 0.25) is 15.9 Å². The number of fused-ring (bicyclic) bond motifs is 1. The summed E-state index contributed by atoms with van der Waals surface area (Å²) in [7, 11) is -3.56. The Kier molecular flexibility index (Phi) is 6.19. The Bertz CT molecular complexity index is 1250. The molecule has 0 aliphatic carbocycles. The second kappa shape index (κ2) is 8.76. The van der Waals surface area contributed by atoms with Crippen LogP contribution in [-0.2, 0) is 34.3 Å². The molecule has 10 heteroatoms. The standard InChI is InChI=1S/C22H27N5O3S2/c1-14-10-15(2)27(25-14)17(4)22(28)26-8-7-19-18(13-26)11-23-16(3)20(19)12-24-32(29,30)21-6-5-9-31-21/h5-6,9-11,17,24H,7-8,12-13H2,1-4H3. The Hall–Kier alpha value is -2.56. The maximum Gasteiger partial charge on any atom is 0.250 e. The Labute approximate surface area is 192 Å². The van der Waals surface area contributed by atoms with Crippen LogP contribution >= 0.6 is 11.3 Å². The number of aromatic nitrogens is 3. The largest absolute Gasteiger partial charge is 0.336 e. The minimum Gasteiger partial charge on any atom is -0.336 e. The van der Waals surface area contributed by atoms with Crippen LogP contribution in [0.2, 0.25) is 0 Å². The first-order chi connectivity index (χ1) is 15.2. The van der Waals surface area contributed by atoms with Gasteiger partial charge in [-0.05, 0) is 68.3 Å². The van der Waals surface area contributed by atoms with E-state index in [0.717, 1.165) is 33.8 Å². The third-order valence-corrected chi connectivity index (χ3v) is 8.67. The number of hydrogen-bond donors (Lipinski definition) is 1. The number of sulfonamides is 1. The molecule has 3 aromatic rings. The van der Waals surface area contributed by atoms with Crippen molar-refractivity contribution in [3.63, 3.8) is 0 Å². The van der Waals surface area contributed by atoms with Gasteiger partial charge in [-0.3, -0.25) is 14.5 Å². The highest BCUT2D eigenvalue weighted by molar-refractivity contribution is 7.91. The molecule has 32 heavy (non-hydrogen) atoms. The minimum atomic E-state index is -3.56. The molecule has 0 radical (unpaired) electrons. The highest BCUT2D eigenvalue weighted by atomic mass is 32.2. The topological polar surface area (TPSA) is 97.2 Å². The van der Waals surface area contributed by atoms with E-state index in [1.807, 2.05) is 38.7 Å². The number of aryl methyl sites for hydroxylation is 3. The fraction of sp³-hybridized carbons (Fsp3) is 0.409. The molecule has 170 valence electrons. The van der Waals surface area contributed by atoms with E-state index in [9.17, 15) is 13.2 Å². The van der Waals surface area contributed by atoms with Gasteiger partial charge in [-0.25, -0.2) is 13.1 Å². The molecule has 0 spiro atoms. The van der Waals surface area contributed by atoms with Crippen molar-refractivity contribution in [1.29, 1.82) is 0 Å². The van der Waals surface area contributed by atoms with E-state index in [1.54, 1.807) is 28.4 Å². The summed E-state index contributed by atoms with van der Waals surface area (Å²) >= 11 is 1.19. The van der Waals surface area contributed by atoms with Crippen molar-refractivity contribution in [2.24, 2.45) is 0 Å². The molecule has 1 N–H and O–H groups in total. The number of hydrogen-bond acceptors (Lipinski definition) is 6. The van der Waals surface area contributed by atoms with Crippen molar-refractivity contribution in [2.75, 3.05) is 6.54 Å². The van der Waals surface area contributed by atoms with Crippen molar-refractivity contribution in [3.05, 3.63) is 63.5 Å². The minimum absolute atomic E-state index is 0.0161. The summed E-state index contributed by atoms with van der Waals surface area (Å²) in [6.07, 6.45) is 2.46. The van der Waals surface area contributed by atoms with Crippen LogP contribution in [0.1, 0.15) is 46.7 Å². The Morgan fingerprint density at radius 2 is 2.09 bits per heavy atom. The predicted octanol–water partition coefficient (Wildman–Crippen LogP) is 2.89. The molecule has 8 nitrogen and oxygen atoms in total. The molecule has 3 aromatic heterocycles. The van der Waals surface area contributed by atoms with E-state index < -0.39 is 10.0 Å². The predicted molar refractivity (Wildman–Crippen MR) is 123 cm³/mol. The van der Waals surface area contributed by atoms with E-state index in [4.69, 9.17) is 0 Å². The summed E-state index contributed by atoms with van der Waals surface area (Å²) in [6.45, 7) is 8.83. The lowest BCUT2D eigenvalue weighted by molar-refractivity contribution is -0.135. The highest BCUT2D eigenvalue weighted by Crippen LogP contribution is 2.26. The van der Waals surface area contributed by atoms with E-state index in [1.165, 1.54) is 11.3 Å². The molecule has 0 aromatic carbocycles. The van der Waals surface area contributed by atoms with Crippen LogP contribution in [0.25, 0.3) is 0 Å². The van der Waals surface area contributed by atoms with E-state index in [-0.39, 0.29) is 18.5 Å². The number of thiophene rings is 1. The Balaban J connectivity index is 1.52. The number of carbonyl (C=O) groups excluding carboxylic acids is 1. The van der Waals surface area contributed by atoms with Gasteiger partial charge in [-0.1, -0.05) is 6.07 Å². The van der Waals surface area contributed by atoms with Crippen LogP contribution in [0.5, 0.6) is 0 Å². The molecule has 0 saturated carbocycles. The van der Waals surface area contributed by atoms with Crippen molar-refractivity contribution < 1.29 is 13.2 Å². The van der Waals surface area contributed by atoms with Gasteiger partial charge < -0.3 is 4.90 Å². The number of rotatable bonds is 6. The third-order valence-electron chi connectivity index (χ3n) is 5.88. The molecule has 0 bridgehead atoms. The average Bonchev–Trinajstić information content (AvgIpc) is 3.42. The highest BCUT2D eigenvalue weighted by Gasteiger charge is 2.29. The summed E-state index contributed by atoms with van der Waals surface area (Å²) in [4.78, 5) is 19.5. The Morgan fingerprint density at radius 1 is 1.31 bits per heavy atom. The van der Waals surface area contributed by atoms with Gasteiger partial charge in [0.1, 0.15) is 10.3 Å². The van der Waals surface area contributed by atoms with E-state index in [2.05, 4.69) is 14.8 Å². The molecule has 1 atom stereocenters. The fourth-order valence-electron chi connectivity index (χ4n) is 4.21. The zero-order valence-electron chi connectivity index (χ0n) is 18.6. The fourth-order valence-corrected chi connectivity index (χ4v) is 6.24. The zero-order chi connectivity index (χ0) is 23.0. The summed E-state index contributed by atoms with van der Waals surface area (Å²) in [5.74, 6) is 0.0161. The zero-order valence-corrected chi connectivity index (χ0v) is 20.3. The first-order valence-corrected chi connectivity index (χ1v) is 12.8.